The molecule has 11 heteroatoms. The van der Waals surface area contributed by atoms with Crippen LogP contribution in [-0.2, 0) is 0 Å². The van der Waals surface area contributed by atoms with E-state index in [9.17, 15) is 0 Å². The summed E-state index contributed by atoms with van der Waals surface area (Å²) < 4.78 is 28.0. The molecule has 7 aromatic rings. The summed E-state index contributed by atoms with van der Waals surface area (Å²) in [7, 11) is 19.9. The Kier molecular flexibility index (Phi) is 20.1. The van der Waals surface area contributed by atoms with Crippen molar-refractivity contribution < 1.29 is 32.4 Å². The molecule has 3 aromatic heterocycles. The van der Waals surface area contributed by atoms with Crippen LogP contribution in [0.3, 0.4) is 0 Å². The van der Waals surface area contributed by atoms with Gasteiger partial charge in [0.15, 0.2) is 0 Å². The first-order valence-electron chi connectivity index (χ1n) is 30.5. The fourth-order valence-electron chi connectivity index (χ4n) is 10.9. The van der Waals surface area contributed by atoms with Gasteiger partial charge in [0.1, 0.15) is 23.0 Å². The van der Waals surface area contributed by atoms with Crippen LogP contribution in [0.25, 0.3) is 90.9 Å². The lowest BCUT2D eigenvalue weighted by molar-refractivity contribution is -0.870. The summed E-state index contributed by atoms with van der Waals surface area (Å²) in [6, 6.07) is 42.7. The largest absolute Gasteiger partial charge is 0.494 e. The summed E-state index contributed by atoms with van der Waals surface area (Å²) in [5.41, 5.74) is 15.1. The van der Waals surface area contributed by atoms with E-state index in [1.54, 1.807) is 0 Å². The van der Waals surface area contributed by atoms with Gasteiger partial charge in [-0.05, 0) is 126 Å². The van der Waals surface area contributed by atoms with Crippen LogP contribution in [0.1, 0.15) is 100 Å². The van der Waals surface area contributed by atoms with Crippen LogP contribution < -0.4 is 18.9 Å². The summed E-state index contributed by atoms with van der Waals surface area (Å²) in [4.78, 5) is 19.0. The number of rotatable bonds is 29. The van der Waals surface area contributed by atoms with Gasteiger partial charge in [-0.15, -0.1) is 0 Å². The quantitative estimate of drug-likeness (QED) is 0.0358. The maximum atomic E-state index is 6.35. The van der Waals surface area contributed by atoms with Gasteiger partial charge in [0.05, 0.1) is 132 Å². The third-order valence-corrected chi connectivity index (χ3v) is 15.3. The SMILES string of the molecule is CCCCCCCCCCOc1ccc(-c2c3nc(c(-c4ccc(OCCC[N+](C)(C)C)cc4)c4ccc([nH]4)c(-c4ccc(OCCC[N+](C)(C)C)cc4)c4nc(c(-c5ccc(OCCC[N+](C)(C)C)cc5)c5ccc2[nH]5)C=C4)C=C3)cc1. The molecule has 11 nitrogen and oxygen atoms in total. The predicted octanol–water partition coefficient (Wildman–Crippen LogP) is 16.3. The molecular formula is C72H92N7O4+3. The number of H-pyrrole nitrogens is 2. The number of nitrogens with one attached hydrogen (secondary N) is 2. The Bertz CT molecular complexity index is 3400. The molecule has 83 heavy (non-hydrogen) atoms. The third kappa shape index (κ3) is 17.1. The second-order valence-electron chi connectivity index (χ2n) is 25.6. The normalized spacial score (nSPS) is 12.5. The minimum Gasteiger partial charge on any atom is -0.494 e. The fourth-order valence-corrected chi connectivity index (χ4v) is 10.9. The van der Waals surface area contributed by atoms with Crippen molar-refractivity contribution in [1.29, 1.82) is 0 Å². The highest BCUT2D eigenvalue weighted by molar-refractivity contribution is 6.00. The minimum absolute atomic E-state index is 0.654. The Morgan fingerprint density at radius 3 is 0.795 bits per heavy atom. The molecule has 8 bridgehead atoms. The number of aromatic nitrogens is 4. The smallest absolute Gasteiger partial charge is 0.119 e. The lowest BCUT2D eigenvalue weighted by Gasteiger charge is -2.23. The zero-order chi connectivity index (χ0) is 58.4. The third-order valence-electron chi connectivity index (χ3n) is 15.3. The van der Waals surface area contributed by atoms with Crippen molar-refractivity contribution in [2.24, 2.45) is 0 Å². The summed E-state index contributed by atoms with van der Waals surface area (Å²) >= 11 is 0. The molecule has 2 N–H and O–H groups in total. The highest BCUT2D eigenvalue weighted by Gasteiger charge is 2.20. The zero-order valence-electron chi connectivity index (χ0n) is 51.5. The molecule has 2 aliphatic heterocycles. The number of hydrogen-bond acceptors (Lipinski definition) is 6. The predicted molar refractivity (Wildman–Crippen MR) is 348 cm³/mol. The molecule has 2 aliphatic rings. The number of nitrogens with zero attached hydrogens (tertiary/aromatic N) is 5. The lowest BCUT2D eigenvalue weighted by Crippen LogP contribution is -2.36. The van der Waals surface area contributed by atoms with Crippen LogP contribution in [0.2, 0.25) is 0 Å². The van der Waals surface area contributed by atoms with Gasteiger partial charge in [0.2, 0.25) is 0 Å². The molecule has 0 spiro atoms. The first-order valence-corrected chi connectivity index (χ1v) is 30.5. The highest BCUT2D eigenvalue weighted by atomic mass is 16.5. The summed E-state index contributed by atoms with van der Waals surface area (Å²) in [6.45, 7) is 8.05. The first kappa shape index (κ1) is 60.2. The first-order chi connectivity index (χ1) is 40.0. The Labute approximate surface area is 495 Å². The monoisotopic (exact) mass is 1120 g/mol. The van der Waals surface area contributed by atoms with E-state index in [1.807, 2.05) is 0 Å². The number of benzene rings is 4. The number of quaternary nitrogens is 3. The maximum absolute atomic E-state index is 6.35. The van der Waals surface area contributed by atoms with E-state index in [2.05, 4.69) is 226 Å². The topological polar surface area (TPSA) is 94.3 Å². The van der Waals surface area contributed by atoms with Crippen LogP contribution in [0.4, 0.5) is 0 Å². The molecule has 0 saturated heterocycles. The van der Waals surface area contributed by atoms with E-state index < -0.39 is 0 Å². The van der Waals surface area contributed by atoms with Crippen molar-refractivity contribution in [2.45, 2.75) is 77.6 Å². The molecule has 0 saturated carbocycles. The highest BCUT2D eigenvalue weighted by Crippen LogP contribution is 2.40. The van der Waals surface area contributed by atoms with Crippen LogP contribution >= 0.6 is 0 Å². The van der Waals surface area contributed by atoms with Gasteiger partial charge in [-0.3, -0.25) is 0 Å². The molecule has 9 rings (SSSR count). The Morgan fingerprint density at radius 2 is 0.542 bits per heavy atom. The second-order valence-corrected chi connectivity index (χ2v) is 25.6. The average molecular weight is 1120 g/mol. The summed E-state index contributed by atoms with van der Waals surface area (Å²) in [6.07, 6.45) is 21.6. The van der Waals surface area contributed by atoms with Gasteiger partial charge in [0.25, 0.3) is 0 Å². The zero-order valence-corrected chi connectivity index (χ0v) is 51.5. The van der Waals surface area contributed by atoms with E-state index in [1.165, 1.54) is 44.9 Å². The average Bonchev–Trinajstić information content (AvgIpc) is 4.49. The Balaban J connectivity index is 1.18. The number of aromatic amines is 2. The molecular weight excluding hydrogens is 1030 g/mol. The Hall–Kier alpha value is -7.44. The number of hydrogen-bond donors (Lipinski definition) is 2. The van der Waals surface area contributed by atoms with Crippen LogP contribution in [-0.4, -0.2) is 143 Å². The van der Waals surface area contributed by atoms with Crippen molar-refractivity contribution in [2.75, 3.05) is 109 Å². The molecule has 4 aromatic carbocycles. The fraction of sp³-hybridized carbons (Fsp3) is 0.389. The van der Waals surface area contributed by atoms with Gasteiger partial charge in [0, 0.05) is 63.6 Å². The second kappa shape index (κ2) is 27.8. The van der Waals surface area contributed by atoms with Crippen molar-refractivity contribution in [1.82, 2.24) is 19.9 Å². The number of ether oxygens (including phenoxy) is 4. The molecule has 0 amide bonds. The van der Waals surface area contributed by atoms with Gasteiger partial charge in [-0.25, -0.2) is 9.97 Å². The summed E-state index contributed by atoms with van der Waals surface area (Å²) in [5, 5.41) is 0. The molecule has 436 valence electrons. The summed E-state index contributed by atoms with van der Waals surface area (Å²) in [5.74, 6) is 3.40. The molecule has 0 fully saturated rings. The maximum Gasteiger partial charge on any atom is 0.119 e. The van der Waals surface area contributed by atoms with Crippen molar-refractivity contribution in [3.8, 4) is 67.5 Å². The number of fused-ring (bicyclic) bond motifs is 8. The van der Waals surface area contributed by atoms with Gasteiger partial charge < -0.3 is 42.4 Å². The molecule has 0 radical (unpaired) electrons. The lowest BCUT2D eigenvalue weighted by atomic mass is 10.0. The Morgan fingerprint density at radius 1 is 0.301 bits per heavy atom. The minimum atomic E-state index is 0.654. The molecule has 0 unspecified atom stereocenters. The van der Waals surface area contributed by atoms with E-state index in [0.717, 1.165) is 171 Å². The molecule has 0 atom stereocenters. The van der Waals surface area contributed by atoms with Gasteiger partial charge in [-0.2, -0.15) is 0 Å². The van der Waals surface area contributed by atoms with E-state index in [-0.39, 0.29) is 0 Å². The van der Waals surface area contributed by atoms with Crippen LogP contribution in [0.15, 0.2) is 121 Å². The molecule has 5 heterocycles. The van der Waals surface area contributed by atoms with E-state index in [0.29, 0.717) is 26.4 Å². The molecule has 0 aliphatic carbocycles. The van der Waals surface area contributed by atoms with E-state index >= 15 is 0 Å². The van der Waals surface area contributed by atoms with Gasteiger partial charge >= 0.3 is 0 Å². The number of unbranched alkanes of at least 4 members (excludes halogenated alkanes) is 7. The van der Waals surface area contributed by atoms with E-state index in [4.69, 9.17) is 28.9 Å². The van der Waals surface area contributed by atoms with Crippen molar-refractivity contribution in [3.05, 3.63) is 144 Å². The van der Waals surface area contributed by atoms with Crippen molar-refractivity contribution in [3.63, 3.8) is 0 Å². The standard InChI is InChI=1S/C72H92N7O4/c1-11-12-13-14-15-16-17-18-49-80-57-30-22-53(23-31-57)69-61-38-40-63(73-61)70(54-24-32-58(33-25-54)81-50-19-46-77(2,3)4)65-42-44-67(75-65)72(56-28-36-60(37-29-56)83-52-21-48-79(8,9)10)68-45-43-66(76-68)71(64-41-39-62(69)74-64)55-26-34-59(35-27-55)82-51-20-47-78(5,6)7/h22-45,73,76H,11-21,46-52H2,1-10H3/q+3. The van der Waals surface area contributed by atoms with Crippen LogP contribution in [0, 0.1) is 0 Å². The van der Waals surface area contributed by atoms with Crippen LogP contribution in [0.5, 0.6) is 23.0 Å². The van der Waals surface area contributed by atoms with Gasteiger partial charge in [-0.1, -0.05) is 100 Å². The van der Waals surface area contributed by atoms with Crippen molar-refractivity contribution >= 4 is 46.4 Å².